The van der Waals surface area contributed by atoms with E-state index in [2.05, 4.69) is 18.3 Å². The molecule has 0 aromatic carbocycles. The van der Waals surface area contributed by atoms with E-state index in [4.69, 9.17) is 4.74 Å². The van der Waals surface area contributed by atoms with Gasteiger partial charge in [0.05, 0.1) is 11.8 Å². The highest BCUT2D eigenvalue weighted by Crippen LogP contribution is 2.18. The Hall–Kier alpha value is -0.630. The molecule has 0 saturated carbocycles. The molecule has 0 aromatic rings. The van der Waals surface area contributed by atoms with Crippen LogP contribution in [0.2, 0.25) is 0 Å². The monoisotopic (exact) mass is 125 g/mol. The molecule has 1 atom stereocenters. The first kappa shape index (κ1) is 6.49. The average molecular weight is 125 g/mol. The van der Waals surface area contributed by atoms with E-state index in [-0.39, 0.29) is 6.10 Å². The van der Waals surface area contributed by atoms with E-state index >= 15 is 0 Å². The van der Waals surface area contributed by atoms with Gasteiger partial charge in [-0.3, -0.25) is 4.99 Å². The highest BCUT2D eigenvalue weighted by Gasteiger charge is 2.16. The molecule has 0 N–H and O–H groups in total. The summed E-state index contributed by atoms with van der Waals surface area (Å²) in [5.74, 6) is 0. The molecule has 1 saturated heterocycles. The molecule has 0 bridgehead atoms. The van der Waals surface area contributed by atoms with Crippen molar-refractivity contribution in [2.24, 2.45) is 4.99 Å². The van der Waals surface area contributed by atoms with Gasteiger partial charge in [0.1, 0.15) is 0 Å². The minimum atomic E-state index is 0.155. The first-order chi connectivity index (χ1) is 4.34. The maximum atomic E-state index is 5.27. The standard InChI is InChI=1S/C7H11NO/c1-6(8-2)7-4-3-5-9-7/h7H,1-5H2. The lowest BCUT2D eigenvalue weighted by Crippen LogP contribution is -2.05. The first-order valence-electron chi connectivity index (χ1n) is 3.11. The van der Waals surface area contributed by atoms with Gasteiger partial charge in [0.25, 0.3) is 0 Å². The minimum absolute atomic E-state index is 0.155. The molecule has 0 radical (unpaired) electrons. The van der Waals surface area contributed by atoms with Gasteiger partial charge in [0, 0.05) is 6.61 Å². The van der Waals surface area contributed by atoms with Crippen molar-refractivity contribution in [2.75, 3.05) is 6.61 Å². The van der Waals surface area contributed by atoms with E-state index in [1.54, 1.807) is 0 Å². The maximum Gasteiger partial charge on any atom is 0.0989 e. The van der Waals surface area contributed by atoms with Crippen molar-refractivity contribution in [3.63, 3.8) is 0 Å². The molecule has 1 fully saturated rings. The fraction of sp³-hybridized carbons (Fsp3) is 0.571. The Bertz CT molecular complexity index is 125. The molecule has 2 heteroatoms. The summed E-state index contributed by atoms with van der Waals surface area (Å²) in [6.07, 6.45) is 2.33. The number of hydrogen-bond donors (Lipinski definition) is 0. The number of hydrogen-bond acceptors (Lipinski definition) is 2. The van der Waals surface area contributed by atoms with Crippen LogP contribution >= 0.6 is 0 Å². The molecule has 9 heavy (non-hydrogen) atoms. The number of ether oxygens (including phenoxy) is 1. The molecule has 0 amide bonds. The van der Waals surface area contributed by atoms with Crippen LogP contribution in [0.1, 0.15) is 12.8 Å². The van der Waals surface area contributed by atoms with Crippen LogP contribution < -0.4 is 0 Å². The van der Waals surface area contributed by atoms with Crippen molar-refractivity contribution in [3.05, 3.63) is 12.3 Å². The van der Waals surface area contributed by atoms with Crippen LogP contribution in [0.3, 0.4) is 0 Å². The molecule has 1 rings (SSSR count). The lowest BCUT2D eigenvalue weighted by atomic mass is 10.2. The fourth-order valence-electron chi connectivity index (χ4n) is 0.942. The summed E-state index contributed by atoms with van der Waals surface area (Å²) in [4.78, 5) is 3.70. The molecule has 0 aromatic heterocycles. The quantitative estimate of drug-likeness (QED) is 0.511. The lowest BCUT2D eigenvalue weighted by molar-refractivity contribution is 0.137. The van der Waals surface area contributed by atoms with Gasteiger partial charge in [-0.25, -0.2) is 0 Å². The topological polar surface area (TPSA) is 21.6 Å². The predicted octanol–water partition coefficient (Wildman–Crippen LogP) is 1.38. The zero-order valence-electron chi connectivity index (χ0n) is 5.47. The predicted molar refractivity (Wildman–Crippen MR) is 37.7 cm³/mol. The van der Waals surface area contributed by atoms with Crippen molar-refractivity contribution in [3.8, 4) is 0 Å². The maximum absolute atomic E-state index is 5.27. The second kappa shape index (κ2) is 2.78. The van der Waals surface area contributed by atoms with Crippen molar-refractivity contribution < 1.29 is 4.74 Å². The van der Waals surface area contributed by atoms with Crippen LogP contribution in [-0.4, -0.2) is 19.4 Å². The third kappa shape index (κ3) is 1.39. The van der Waals surface area contributed by atoms with Gasteiger partial charge in [-0.1, -0.05) is 6.58 Å². The Balaban J connectivity index is 2.41. The van der Waals surface area contributed by atoms with Crippen LogP contribution in [0.4, 0.5) is 0 Å². The molecule has 0 aliphatic carbocycles. The Morgan fingerprint density at radius 2 is 2.44 bits per heavy atom. The molecular formula is C7H11NO. The van der Waals surface area contributed by atoms with E-state index in [0.29, 0.717) is 0 Å². The van der Waals surface area contributed by atoms with Crippen molar-refractivity contribution in [1.29, 1.82) is 0 Å². The second-order valence-electron chi connectivity index (χ2n) is 2.15. The Kier molecular flexibility index (Phi) is 2.01. The van der Waals surface area contributed by atoms with Crippen LogP contribution in [0.5, 0.6) is 0 Å². The minimum Gasteiger partial charge on any atom is -0.372 e. The zero-order valence-corrected chi connectivity index (χ0v) is 5.47. The fourth-order valence-corrected chi connectivity index (χ4v) is 0.942. The van der Waals surface area contributed by atoms with Crippen LogP contribution in [0, 0.1) is 0 Å². The van der Waals surface area contributed by atoms with Gasteiger partial charge in [0.15, 0.2) is 0 Å². The average Bonchev–Trinajstić information content (AvgIpc) is 2.37. The molecule has 1 unspecified atom stereocenters. The molecule has 1 aliphatic rings. The number of nitrogens with zero attached hydrogens (tertiary/aromatic N) is 1. The molecule has 50 valence electrons. The smallest absolute Gasteiger partial charge is 0.0989 e. The van der Waals surface area contributed by atoms with Gasteiger partial charge in [-0.15, -0.1) is 0 Å². The zero-order chi connectivity index (χ0) is 6.69. The largest absolute Gasteiger partial charge is 0.372 e. The molecule has 0 spiro atoms. The molecule has 1 heterocycles. The van der Waals surface area contributed by atoms with Crippen LogP contribution in [0.25, 0.3) is 0 Å². The van der Waals surface area contributed by atoms with Gasteiger partial charge in [-0.05, 0) is 19.6 Å². The van der Waals surface area contributed by atoms with E-state index < -0.39 is 0 Å². The lowest BCUT2D eigenvalue weighted by Gasteiger charge is -2.05. The van der Waals surface area contributed by atoms with Crippen LogP contribution in [0.15, 0.2) is 17.3 Å². The summed E-state index contributed by atoms with van der Waals surface area (Å²) in [5, 5.41) is 0. The summed E-state index contributed by atoms with van der Waals surface area (Å²) in [6, 6.07) is 0. The molecule has 1 aliphatic heterocycles. The highest BCUT2D eigenvalue weighted by molar-refractivity contribution is 5.29. The third-order valence-corrected chi connectivity index (χ3v) is 1.50. The summed E-state index contributed by atoms with van der Waals surface area (Å²) >= 11 is 0. The van der Waals surface area contributed by atoms with Crippen molar-refractivity contribution >= 4 is 6.72 Å². The summed E-state index contributed by atoms with van der Waals surface area (Å²) in [7, 11) is 0. The second-order valence-corrected chi connectivity index (χ2v) is 2.15. The number of rotatable bonds is 2. The van der Waals surface area contributed by atoms with Crippen LogP contribution in [-0.2, 0) is 4.74 Å². The van der Waals surface area contributed by atoms with Crippen molar-refractivity contribution in [1.82, 2.24) is 0 Å². The Morgan fingerprint density at radius 1 is 1.67 bits per heavy atom. The summed E-state index contributed by atoms with van der Waals surface area (Å²) in [6.45, 7) is 7.92. The van der Waals surface area contributed by atoms with Gasteiger partial charge in [0.2, 0.25) is 0 Å². The normalized spacial score (nSPS) is 26.0. The van der Waals surface area contributed by atoms with E-state index in [1.165, 1.54) is 0 Å². The first-order valence-corrected chi connectivity index (χ1v) is 3.11. The summed E-state index contributed by atoms with van der Waals surface area (Å²) < 4.78 is 5.27. The van der Waals surface area contributed by atoms with E-state index in [9.17, 15) is 0 Å². The van der Waals surface area contributed by atoms with Gasteiger partial charge in [-0.2, -0.15) is 0 Å². The van der Waals surface area contributed by atoms with Crippen molar-refractivity contribution in [2.45, 2.75) is 18.9 Å². The Morgan fingerprint density at radius 3 is 2.89 bits per heavy atom. The Labute approximate surface area is 55.2 Å². The SMILES string of the molecule is C=NC(=C)C1CCCO1. The third-order valence-electron chi connectivity index (χ3n) is 1.50. The van der Waals surface area contributed by atoms with E-state index in [1.807, 2.05) is 0 Å². The molecule has 2 nitrogen and oxygen atoms in total. The van der Waals surface area contributed by atoms with Gasteiger partial charge < -0.3 is 4.74 Å². The van der Waals surface area contributed by atoms with E-state index in [0.717, 1.165) is 25.1 Å². The summed E-state index contributed by atoms with van der Waals surface area (Å²) in [5.41, 5.74) is 0.771. The number of aliphatic imine (C=N–C) groups is 1. The molecular weight excluding hydrogens is 114 g/mol. The highest BCUT2D eigenvalue weighted by atomic mass is 16.5. The van der Waals surface area contributed by atoms with Gasteiger partial charge >= 0.3 is 0 Å².